The molecule has 142 valence electrons. The van der Waals surface area contributed by atoms with Crippen molar-refractivity contribution < 1.29 is 13.2 Å². The Balaban J connectivity index is 1.81. The predicted octanol–water partition coefficient (Wildman–Crippen LogP) is 3.08. The van der Waals surface area contributed by atoms with E-state index in [2.05, 4.69) is 26.0 Å². The molecule has 0 saturated carbocycles. The first-order valence-corrected chi connectivity index (χ1v) is 10.8. The zero-order chi connectivity index (χ0) is 19.1. The van der Waals surface area contributed by atoms with Gasteiger partial charge in [-0.15, -0.1) is 0 Å². The minimum absolute atomic E-state index is 0.105. The average Bonchev–Trinajstić information content (AvgIpc) is 3.15. The van der Waals surface area contributed by atoms with E-state index in [0.29, 0.717) is 41.7 Å². The van der Waals surface area contributed by atoms with Gasteiger partial charge in [0.15, 0.2) is 0 Å². The van der Waals surface area contributed by atoms with Crippen molar-refractivity contribution >= 4 is 26.0 Å². The summed E-state index contributed by atoms with van der Waals surface area (Å²) >= 11 is 3.40. The number of ether oxygens (including phenoxy) is 1. The van der Waals surface area contributed by atoms with Gasteiger partial charge in [-0.2, -0.15) is 9.40 Å². The fourth-order valence-corrected chi connectivity index (χ4v) is 5.48. The molecule has 1 aliphatic heterocycles. The van der Waals surface area contributed by atoms with Crippen molar-refractivity contribution in [2.75, 3.05) is 13.1 Å². The summed E-state index contributed by atoms with van der Waals surface area (Å²) in [5.41, 5.74) is 1.21. The minimum Gasteiger partial charge on any atom is -0.472 e. The molecule has 3 heterocycles. The van der Waals surface area contributed by atoms with Crippen LogP contribution in [-0.4, -0.2) is 46.7 Å². The van der Waals surface area contributed by atoms with Crippen LogP contribution in [0.3, 0.4) is 0 Å². The number of rotatable bonds is 5. The van der Waals surface area contributed by atoms with E-state index in [4.69, 9.17) is 4.74 Å². The molecule has 0 spiro atoms. The van der Waals surface area contributed by atoms with Crippen molar-refractivity contribution in [2.24, 2.45) is 0 Å². The number of sulfonamides is 1. The number of hydrogen-bond acceptors (Lipinski definition) is 5. The molecule has 0 aromatic carbocycles. The van der Waals surface area contributed by atoms with Gasteiger partial charge >= 0.3 is 0 Å². The highest BCUT2D eigenvalue weighted by molar-refractivity contribution is 9.10. The molecular formula is C17H23BrN4O3S. The first-order chi connectivity index (χ1) is 12.2. The van der Waals surface area contributed by atoms with Gasteiger partial charge in [0.2, 0.25) is 15.9 Å². The molecule has 1 saturated heterocycles. The number of aromatic nitrogens is 3. The molecule has 0 bridgehead atoms. The normalized spacial score (nSPS) is 18.6. The highest BCUT2D eigenvalue weighted by Crippen LogP contribution is 2.30. The molecule has 0 amide bonds. The third-order valence-electron chi connectivity index (χ3n) is 4.46. The van der Waals surface area contributed by atoms with Crippen molar-refractivity contribution in [2.45, 2.75) is 51.2 Å². The number of aryl methyl sites for hydroxylation is 1. The number of hydrogen-bond donors (Lipinski definition) is 0. The van der Waals surface area contributed by atoms with Gasteiger partial charge in [0.25, 0.3) is 0 Å². The van der Waals surface area contributed by atoms with E-state index >= 15 is 0 Å². The summed E-state index contributed by atoms with van der Waals surface area (Å²) in [4.78, 5) is 4.50. The lowest BCUT2D eigenvalue weighted by atomic mass is 10.3. The van der Waals surface area contributed by atoms with Crippen molar-refractivity contribution in [1.29, 1.82) is 0 Å². The Hall–Kier alpha value is -1.45. The maximum atomic E-state index is 13.2. The Bertz CT molecular complexity index is 911. The highest BCUT2D eigenvalue weighted by Gasteiger charge is 2.37. The Morgan fingerprint density at radius 3 is 2.69 bits per heavy atom. The second kappa shape index (κ2) is 7.28. The Morgan fingerprint density at radius 1 is 1.35 bits per heavy atom. The van der Waals surface area contributed by atoms with E-state index in [0.717, 1.165) is 4.47 Å². The van der Waals surface area contributed by atoms with Crippen LogP contribution in [0, 0.1) is 13.8 Å². The number of halogens is 1. The fraction of sp³-hybridized carbons (Fsp3) is 0.529. The Labute approximate surface area is 162 Å². The van der Waals surface area contributed by atoms with Crippen molar-refractivity contribution in [3.8, 4) is 5.88 Å². The van der Waals surface area contributed by atoms with E-state index < -0.39 is 10.0 Å². The summed E-state index contributed by atoms with van der Waals surface area (Å²) in [5, 5.41) is 4.41. The van der Waals surface area contributed by atoms with E-state index in [1.165, 1.54) is 4.31 Å². The molecule has 1 aliphatic rings. The van der Waals surface area contributed by atoms with Crippen LogP contribution in [0.2, 0.25) is 0 Å². The molecule has 1 atom stereocenters. The van der Waals surface area contributed by atoms with Crippen LogP contribution in [0.4, 0.5) is 0 Å². The van der Waals surface area contributed by atoms with Crippen LogP contribution in [0.15, 0.2) is 27.7 Å². The lowest BCUT2D eigenvalue weighted by molar-refractivity contribution is 0.205. The molecule has 0 aliphatic carbocycles. The molecule has 9 heteroatoms. The van der Waals surface area contributed by atoms with Crippen molar-refractivity contribution in [1.82, 2.24) is 19.1 Å². The Kier molecular flexibility index (Phi) is 5.41. The molecule has 1 fully saturated rings. The number of pyridine rings is 1. The van der Waals surface area contributed by atoms with E-state index in [9.17, 15) is 8.42 Å². The summed E-state index contributed by atoms with van der Waals surface area (Å²) in [5.74, 6) is 0.483. The van der Waals surface area contributed by atoms with Crippen LogP contribution >= 0.6 is 15.9 Å². The maximum Gasteiger partial charge on any atom is 0.246 e. The zero-order valence-corrected chi connectivity index (χ0v) is 17.7. The lowest BCUT2D eigenvalue weighted by Crippen LogP contribution is -2.31. The topological polar surface area (TPSA) is 77.3 Å². The maximum absolute atomic E-state index is 13.2. The molecule has 2 aromatic heterocycles. The lowest BCUT2D eigenvalue weighted by Gasteiger charge is -2.18. The first-order valence-electron chi connectivity index (χ1n) is 8.55. The van der Waals surface area contributed by atoms with E-state index in [1.54, 1.807) is 23.9 Å². The summed E-state index contributed by atoms with van der Waals surface area (Å²) < 4.78 is 36.2. The third-order valence-corrected chi connectivity index (χ3v) is 7.18. The van der Waals surface area contributed by atoms with Gasteiger partial charge in [-0.1, -0.05) is 0 Å². The number of nitrogens with zero attached hydrogens (tertiary/aromatic N) is 4. The third kappa shape index (κ3) is 3.52. The summed E-state index contributed by atoms with van der Waals surface area (Å²) in [7, 11) is -3.61. The zero-order valence-electron chi connectivity index (χ0n) is 15.3. The molecule has 7 nitrogen and oxygen atoms in total. The van der Waals surface area contributed by atoms with Gasteiger partial charge in [-0.05, 0) is 62.2 Å². The minimum atomic E-state index is -3.61. The molecular weight excluding hydrogens is 420 g/mol. The molecule has 26 heavy (non-hydrogen) atoms. The second-order valence-corrected chi connectivity index (χ2v) is 9.45. The molecule has 0 radical (unpaired) electrons. The highest BCUT2D eigenvalue weighted by atomic mass is 79.9. The summed E-state index contributed by atoms with van der Waals surface area (Å²) in [6.45, 7) is 8.25. The largest absolute Gasteiger partial charge is 0.472 e. The van der Waals surface area contributed by atoms with Gasteiger partial charge < -0.3 is 4.74 Å². The van der Waals surface area contributed by atoms with Gasteiger partial charge in [0, 0.05) is 18.8 Å². The smallest absolute Gasteiger partial charge is 0.246 e. The van der Waals surface area contributed by atoms with Gasteiger partial charge in [0.1, 0.15) is 11.0 Å². The van der Waals surface area contributed by atoms with E-state index in [-0.39, 0.29) is 12.1 Å². The first kappa shape index (κ1) is 19.3. The summed E-state index contributed by atoms with van der Waals surface area (Å²) in [6, 6.07) is 3.76. The average molecular weight is 443 g/mol. The van der Waals surface area contributed by atoms with Gasteiger partial charge in [-0.3, -0.25) is 4.68 Å². The van der Waals surface area contributed by atoms with Crippen LogP contribution in [-0.2, 0) is 10.0 Å². The van der Waals surface area contributed by atoms with E-state index in [1.807, 2.05) is 26.8 Å². The quantitative estimate of drug-likeness (QED) is 0.710. The molecule has 2 aromatic rings. The second-order valence-electron chi connectivity index (χ2n) is 6.72. The molecule has 0 N–H and O–H groups in total. The summed E-state index contributed by atoms with van der Waals surface area (Å²) in [6.07, 6.45) is 2.05. The van der Waals surface area contributed by atoms with Crippen LogP contribution in [0.1, 0.15) is 37.7 Å². The van der Waals surface area contributed by atoms with Crippen molar-refractivity contribution in [3.63, 3.8) is 0 Å². The van der Waals surface area contributed by atoms with Crippen LogP contribution in [0.25, 0.3) is 0 Å². The fourth-order valence-electron chi connectivity index (χ4n) is 3.28. The Morgan fingerprint density at radius 2 is 2.08 bits per heavy atom. The predicted molar refractivity (Wildman–Crippen MR) is 102 cm³/mol. The SMILES string of the molecule is Cc1nn(C(C)C)c(C)c1S(=O)(=O)N1CCC(Oc2ncccc2Br)C1. The van der Waals surface area contributed by atoms with Gasteiger partial charge in [0.05, 0.1) is 22.4 Å². The monoisotopic (exact) mass is 442 g/mol. The van der Waals surface area contributed by atoms with Crippen molar-refractivity contribution in [3.05, 3.63) is 34.2 Å². The van der Waals surface area contributed by atoms with Gasteiger partial charge in [-0.25, -0.2) is 13.4 Å². The molecule has 3 rings (SSSR count). The standard InChI is InChI=1S/C17H23BrN4O3S/c1-11(2)22-13(4)16(12(3)20-22)26(23,24)21-9-7-14(10-21)25-17-15(18)6-5-8-19-17/h5-6,8,11,14H,7,9-10H2,1-4H3. The van der Waals surface area contributed by atoms with Crippen LogP contribution in [0.5, 0.6) is 5.88 Å². The molecule has 1 unspecified atom stereocenters. The van der Waals surface area contributed by atoms with Crippen LogP contribution < -0.4 is 4.74 Å².